The van der Waals surface area contributed by atoms with Gasteiger partial charge in [0.1, 0.15) is 12.1 Å². The number of carbonyl (C=O) groups excluding carboxylic acids is 2. The Morgan fingerprint density at radius 3 is 1.65 bits per heavy atom. The third kappa shape index (κ3) is 12.4. The molecule has 0 bridgehead atoms. The fourth-order valence-corrected chi connectivity index (χ4v) is 4.57. The van der Waals surface area contributed by atoms with Crippen molar-refractivity contribution < 1.29 is 29.4 Å². The van der Waals surface area contributed by atoms with E-state index in [4.69, 9.17) is 0 Å². The smallest absolute Gasteiger partial charge is 0.360 e. The largest absolute Gasteiger partial charge is 0.480 e. The Balaban J connectivity index is 0.000000260. The van der Waals surface area contributed by atoms with Gasteiger partial charge in [-0.2, -0.15) is 0 Å². The molecule has 0 aliphatic rings. The number of nitrogens with zero attached hydrogens (tertiary/aromatic N) is 2. The molecule has 4 rings (SSSR count). The maximum Gasteiger partial charge on any atom is 0.360 e. The maximum atomic E-state index is 12.0. The molecule has 0 aliphatic carbocycles. The summed E-state index contributed by atoms with van der Waals surface area (Å²) in [5, 5.41) is 30.8. The summed E-state index contributed by atoms with van der Waals surface area (Å²) >= 11 is 0. The molecule has 4 aromatic carbocycles. The van der Waals surface area contributed by atoms with Crippen molar-refractivity contribution in [2.24, 2.45) is 10.2 Å². The molecule has 12 heteroatoms. The number of urea groups is 2. The Hall–Kier alpha value is -6.04. The molecule has 6 N–H and O–H groups in total. The van der Waals surface area contributed by atoms with Crippen LogP contribution in [0.25, 0.3) is 0 Å². The molecular formula is C36H40N6O6. The lowest BCUT2D eigenvalue weighted by atomic mass is 10.1. The first-order chi connectivity index (χ1) is 22.9. The number of aryl methyl sites for hydroxylation is 4. The molecular weight excluding hydrogens is 612 g/mol. The molecule has 0 heterocycles. The maximum absolute atomic E-state index is 12.0. The number of carboxylic acid groups (broad SMARTS) is 2. The number of nitrogens with one attached hydrogen (secondary N) is 4. The van der Waals surface area contributed by atoms with E-state index in [9.17, 15) is 29.4 Å². The van der Waals surface area contributed by atoms with E-state index in [0.717, 1.165) is 39.1 Å². The van der Waals surface area contributed by atoms with Crippen molar-refractivity contribution in [1.82, 2.24) is 16.1 Å². The van der Waals surface area contributed by atoms with Crippen LogP contribution in [0.15, 0.2) is 107 Å². The Kier molecular flexibility index (Phi) is 13.8. The summed E-state index contributed by atoms with van der Waals surface area (Å²) in [7, 11) is 0. The monoisotopic (exact) mass is 652 g/mol. The van der Waals surface area contributed by atoms with Gasteiger partial charge in [0.25, 0.3) is 0 Å². The average Bonchev–Trinajstić information content (AvgIpc) is 3.04. The van der Waals surface area contributed by atoms with Gasteiger partial charge in [0, 0.05) is 12.8 Å². The van der Waals surface area contributed by atoms with Crippen molar-refractivity contribution >= 4 is 35.4 Å². The Bertz CT molecular complexity index is 1730. The predicted molar refractivity (Wildman–Crippen MR) is 183 cm³/mol. The number of amides is 4. The van der Waals surface area contributed by atoms with Crippen LogP contribution in [0, 0.1) is 27.7 Å². The van der Waals surface area contributed by atoms with E-state index in [1.807, 2.05) is 107 Å². The Morgan fingerprint density at radius 2 is 1.15 bits per heavy atom. The fourth-order valence-electron chi connectivity index (χ4n) is 4.57. The van der Waals surface area contributed by atoms with Gasteiger partial charge >= 0.3 is 24.0 Å². The number of rotatable bonds is 11. The van der Waals surface area contributed by atoms with Gasteiger partial charge in [-0.1, -0.05) is 101 Å². The quantitative estimate of drug-likeness (QED) is 0.0798. The number of hydrazine groups is 1. The van der Waals surface area contributed by atoms with Gasteiger partial charge in [-0.3, -0.25) is 10.9 Å². The molecule has 250 valence electrons. The highest BCUT2D eigenvalue weighted by Crippen LogP contribution is 2.20. The van der Waals surface area contributed by atoms with E-state index in [1.54, 1.807) is 18.2 Å². The van der Waals surface area contributed by atoms with Crippen molar-refractivity contribution in [3.63, 3.8) is 0 Å². The summed E-state index contributed by atoms with van der Waals surface area (Å²) in [4.78, 5) is 46.5. The molecule has 12 nitrogen and oxygen atoms in total. The van der Waals surface area contributed by atoms with Crippen LogP contribution in [-0.4, -0.2) is 46.3 Å². The van der Waals surface area contributed by atoms with E-state index >= 15 is 0 Å². The average molecular weight is 653 g/mol. The zero-order chi connectivity index (χ0) is 35.1. The van der Waals surface area contributed by atoms with Crippen LogP contribution >= 0.6 is 0 Å². The van der Waals surface area contributed by atoms with Crippen molar-refractivity contribution in [2.45, 2.75) is 52.6 Å². The first-order valence-electron chi connectivity index (χ1n) is 15.1. The summed E-state index contributed by atoms with van der Waals surface area (Å²) in [6.45, 7) is 7.73. The third-order valence-electron chi connectivity index (χ3n) is 7.06. The van der Waals surface area contributed by atoms with Crippen molar-refractivity contribution in [3.05, 3.63) is 130 Å². The number of carbonyl (C=O) groups is 4. The van der Waals surface area contributed by atoms with Crippen molar-refractivity contribution in [2.75, 3.05) is 5.43 Å². The molecule has 2 atom stereocenters. The zero-order valence-electron chi connectivity index (χ0n) is 27.2. The molecule has 0 fully saturated rings. The second-order valence-corrected chi connectivity index (χ2v) is 11.1. The molecule has 4 aromatic rings. The van der Waals surface area contributed by atoms with Crippen LogP contribution < -0.4 is 21.5 Å². The van der Waals surface area contributed by atoms with Crippen LogP contribution in [-0.2, 0) is 22.4 Å². The minimum absolute atomic E-state index is 0.182. The topological polar surface area (TPSA) is 182 Å². The molecule has 0 radical (unpaired) electrons. The molecule has 48 heavy (non-hydrogen) atoms. The van der Waals surface area contributed by atoms with E-state index in [-0.39, 0.29) is 12.8 Å². The Labute approximate surface area is 279 Å². The molecule has 0 saturated carbocycles. The summed E-state index contributed by atoms with van der Waals surface area (Å²) in [5.41, 5.74) is 12.3. The van der Waals surface area contributed by atoms with Crippen LogP contribution in [0.1, 0.15) is 33.4 Å². The highest BCUT2D eigenvalue weighted by Gasteiger charge is 2.21. The minimum Gasteiger partial charge on any atom is -0.480 e. The van der Waals surface area contributed by atoms with Gasteiger partial charge in [-0.15, -0.1) is 5.11 Å². The third-order valence-corrected chi connectivity index (χ3v) is 7.06. The van der Waals surface area contributed by atoms with E-state index in [2.05, 4.69) is 31.7 Å². The van der Waals surface area contributed by atoms with Crippen molar-refractivity contribution in [1.29, 1.82) is 0 Å². The lowest BCUT2D eigenvalue weighted by Crippen LogP contribution is -2.48. The highest BCUT2D eigenvalue weighted by molar-refractivity contribution is 5.84. The molecule has 0 saturated heterocycles. The molecule has 0 aromatic heterocycles. The van der Waals surface area contributed by atoms with Gasteiger partial charge in [0.15, 0.2) is 0 Å². The minimum atomic E-state index is -1.12. The van der Waals surface area contributed by atoms with E-state index in [0.29, 0.717) is 5.69 Å². The van der Waals surface area contributed by atoms with Crippen molar-refractivity contribution in [3.8, 4) is 0 Å². The predicted octanol–water partition coefficient (Wildman–Crippen LogP) is 6.42. The lowest BCUT2D eigenvalue weighted by Gasteiger charge is -2.17. The van der Waals surface area contributed by atoms with Gasteiger partial charge < -0.3 is 20.8 Å². The van der Waals surface area contributed by atoms with Crippen LogP contribution in [0.4, 0.5) is 21.0 Å². The highest BCUT2D eigenvalue weighted by atomic mass is 16.4. The van der Waals surface area contributed by atoms with E-state index in [1.165, 1.54) is 0 Å². The van der Waals surface area contributed by atoms with Gasteiger partial charge in [-0.05, 0) is 62.1 Å². The number of aliphatic carboxylic acids is 2. The summed E-state index contributed by atoms with van der Waals surface area (Å²) < 4.78 is 0. The number of azo groups is 1. The van der Waals surface area contributed by atoms with Gasteiger partial charge in [0.05, 0.1) is 11.4 Å². The number of hydrogen-bond acceptors (Lipinski definition) is 6. The number of carboxylic acids is 2. The number of hydrogen-bond donors (Lipinski definition) is 6. The molecule has 0 aliphatic heterocycles. The first-order valence-corrected chi connectivity index (χ1v) is 15.1. The first kappa shape index (κ1) is 36.4. The summed E-state index contributed by atoms with van der Waals surface area (Å²) in [6.07, 6.45) is 0.397. The van der Waals surface area contributed by atoms with Crippen LogP contribution in [0.2, 0.25) is 0 Å². The normalized spacial score (nSPS) is 11.8. The number of benzene rings is 4. The molecule has 0 spiro atoms. The van der Waals surface area contributed by atoms with Crippen LogP contribution in [0.3, 0.4) is 0 Å². The standard InChI is InChI=1S/C18H21N3O3.C18H19N3O3/c2*1-12-8-9-15(13(2)10-12)20-21-18(24)19-16(17(22)23)11-14-6-4-3-5-7-14/h3-10,16,20H,11H2,1-2H3,(H,22,23)(H2,19,21,24);3-10,16H,11H2,1-2H3,(H,19,24)(H,22,23). The Morgan fingerprint density at radius 1 is 0.646 bits per heavy atom. The molecule has 4 amide bonds. The van der Waals surface area contributed by atoms with Gasteiger partial charge in [-0.25, -0.2) is 19.2 Å². The molecule has 2 unspecified atom stereocenters. The fraction of sp³-hybridized carbons (Fsp3) is 0.222. The van der Waals surface area contributed by atoms with Crippen LogP contribution in [0.5, 0.6) is 0 Å². The van der Waals surface area contributed by atoms with E-state index < -0.39 is 36.1 Å². The summed E-state index contributed by atoms with van der Waals surface area (Å²) in [5.74, 6) is -2.20. The SMILES string of the molecule is Cc1ccc(N=NC(=O)NC(Cc2ccccc2)C(=O)O)c(C)c1.Cc1ccc(NNC(=O)NC(Cc2ccccc2)C(=O)O)c(C)c1. The van der Waals surface area contributed by atoms with Gasteiger partial charge in [0.2, 0.25) is 0 Å². The second-order valence-electron chi connectivity index (χ2n) is 11.1. The number of anilines is 1. The summed E-state index contributed by atoms with van der Waals surface area (Å²) in [6, 6.07) is 26.1. The second kappa shape index (κ2) is 18.2. The lowest BCUT2D eigenvalue weighted by molar-refractivity contribution is -0.140. The zero-order valence-corrected chi connectivity index (χ0v) is 27.2.